The molecule has 102 valence electrons. The molecule has 1 aliphatic rings. The number of phenols is 1. The van der Waals surface area contributed by atoms with Crippen LogP contribution in [0, 0.1) is 0 Å². The first-order chi connectivity index (χ1) is 9.22. The minimum atomic E-state index is -0.349. The maximum Gasteiger partial charge on any atom is 0.276 e. The second-order valence-electron chi connectivity index (χ2n) is 4.42. The average molecular weight is 262 g/mol. The number of phenolic OH excluding ortho intramolecular Hbond substituents is 1. The Labute approximate surface area is 112 Å². The SMILES string of the molecule is CCCCNCc1ccc2c(c1O)ONC(=O)C=C2. The molecule has 19 heavy (non-hydrogen) atoms. The first-order valence-corrected chi connectivity index (χ1v) is 6.43. The van der Waals surface area contributed by atoms with E-state index in [4.69, 9.17) is 4.84 Å². The first kappa shape index (κ1) is 13.4. The van der Waals surface area contributed by atoms with Crippen LogP contribution in [0.3, 0.4) is 0 Å². The lowest BCUT2D eigenvalue weighted by atomic mass is 10.1. The normalized spacial score (nSPS) is 13.4. The predicted molar refractivity (Wildman–Crippen MR) is 72.5 cm³/mol. The molecule has 2 rings (SSSR count). The minimum Gasteiger partial charge on any atom is -0.504 e. The van der Waals surface area contributed by atoms with Crippen molar-refractivity contribution in [3.63, 3.8) is 0 Å². The zero-order chi connectivity index (χ0) is 13.7. The molecule has 5 nitrogen and oxygen atoms in total. The summed E-state index contributed by atoms with van der Waals surface area (Å²) in [5.74, 6) is 0.00320. The highest BCUT2D eigenvalue weighted by Gasteiger charge is 2.16. The molecule has 1 aliphatic heterocycles. The van der Waals surface area contributed by atoms with E-state index in [2.05, 4.69) is 17.7 Å². The smallest absolute Gasteiger partial charge is 0.276 e. The summed E-state index contributed by atoms with van der Waals surface area (Å²) in [5.41, 5.74) is 3.66. The second-order valence-corrected chi connectivity index (χ2v) is 4.42. The van der Waals surface area contributed by atoms with Gasteiger partial charge in [-0.05, 0) is 19.0 Å². The molecule has 3 N–H and O–H groups in total. The monoisotopic (exact) mass is 262 g/mol. The minimum absolute atomic E-state index is 0.0633. The van der Waals surface area contributed by atoms with Gasteiger partial charge in [-0.2, -0.15) is 5.48 Å². The molecule has 0 saturated heterocycles. The van der Waals surface area contributed by atoms with E-state index in [-0.39, 0.29) is 17.4 Å². The van der Waals surface area contributed by atoms with Crippen molar-refractivity contribution in [1.82, 2.24) is 10.8 Å². The molecule has 1 heterocycles. The lowest BCUT2D eigenvalue weighted by Crippen LogP contribution is -2.24. The molecule has 0 aliphatic carbocycles. The van der Waals surface area contributed by atoms with Gasteiger partial charge in [-0.1, -0.05) is 25.5 Å². The maximum atomic E-state index is 11.2. The zero-order valence-electron chi connectivity index (χ0n) is 10.9. The van der Waals surface area contributed by atoms with E-state index in [1.54, 1.807) is 6.08 Å². The number of rotatable bonds is 5. The molecule has 0 spiro atoms. The molecule has 0 fully saturated rings. The van der Waals surface area contributed by atoms with Crippen molar-refractivity contribution in [1.29, 1.82) is 0 Å². The maximum absolute atomic E-state index is 11.2. The van der Waals surface area contributed by atoms with Gasteiger partial charge in [0, 0.05) is 23.7 Å². The van der Waals surface area contributed by atoms with Gasteiger partial charge in [-0.3, -0.25) is 4.79 Å². The number of aromatic hydroxyl groups is 1. The topological polar surface area (TPSA) is 70.6 Å². The highest BCUT2D eigenvalue weighted by molar-refractivity contribution is 5.92. The fourth-order valence-corrected chi connectivity index (χ4v) is 1.83. The highest BCUT2D eigenvalue weighted by atomic mass is 16.7. The molecule has 5 heteroatoms. The largest absolute Gasteiger partial charge is 0.504 e. The summed E-state index contributed by atoms with van der Waals surface area (Å²) in [6, 6.07) is 3.65. The molecule has 0 radical (unpaired) electrons. The molecular formula is C14H18N2O3. The Morgan fingerprint density at radius 1 is 1.37 bits per heavy atom. The Bertz CT molecular complexity index is 498. The molecular weight excluding hydrogens is 244 g/mol. The fraction of sp³-hybridized carbons (Fsp3) is 0.357. The van der Waals surface area contributed by atoms with Crippen LogP contribution in [0.15, 0.2) is 18.2 Å². The van der Waals surface area contributed by atoms with Gasteiger partial charge in [0.1, 0.15) is 0 Å². The number of fused-ring (bicyclic) bond motifs is 1. The van der Waals surface area contributed by atoms with E-state index < -0.39 is 0 Å². The number of amides is 1. The van der Waals surface area contributed by atoms with Gasteiger partial charge in [-0.15, -0.1) is 0 Å². The van der Waals surface area contributed by atoms with Crippen molar-refractivity contribution >= 4 is 12.0 Å². The average Bonchev–Trinajstić information content (AvgIpc) is 2.60. The highest BCUT2D eigenvalue weighted by Crippen LogP contribution is 2.35. The van der Waals surface area contributed by atoms with Crippen LogP contribution in [0.5, 0.6) is 11.5 Å². The van der Waals surface area contributed by atoms with Gasteiger partial charge in [0.2, 0.25) is 5.75 Å². The number of unbranched alkanes of at least 4 members (excludes halogenated alkanes) is 1. The quantitative estimate of drug-likeness (QED) is 0.707. The van der Waals surface area contributed by atoms with Crippen LogP contribution in [-0.4, -0.2) is 17.6 Å². The van der Waals surface area contributed by atoms with Crippen LogP contribution < -0.4 is 15.6 Å². The lowest BCUT2D eigenvalue weighted by molar-refractivity contribution is -0.122. The zero-order valence-corrected chi connectivity index (χ0v) is 10.9. The van der Waals surface area contributed by atoms with Crippen LogP contribution in [0.2, 0.25) is 0 Å². The molecule has 0 saturated carbocycles. The number of benzene rings is 1. The van der Waals surface area contributed by atoms with Crippen LogP contribution >= 0.6 is 0 Å². The van der Waals surface area contributed by atoms with Gasteiger partial charge < -0.3 is 15.3 Å². The summed E-state index contributed by atoms with van der Waals surface area (Å²) in [6.45, 7) is 3.61. The third-order valence-electron chi connectivity index (χ3n) is 2.94. The lowest BCUT2D eigenvalue weighted by Gasteiger charge is -2.12. The predicted octanol–water partition coefficient (Wildman–Crippen LogP) is 1.72. The summed E-state index contributed by atoms with van der Waals surface area (Å²) < 4.78 is 0. The standard InChI is InChI=1S/C14H18N2O3/c1-2-3-8-15-9-11-5-4-10-6-7-12(17)16-19-14(10)13(11)18/h4-7,15,18H,2-3,8-9H2,1H3,(H,16,17). The van der Waals surface area contributed by atoms with Crippen molar-refractivity contribution in [3.05, 3.63) is 29.3 Å². The molecule has 0 unspecified atom stereocenters. The third kappa shape index (κ3) is 3.26. The van der Waals surface area contributed by atoms with E-state index in [9.17, 15) is 9.90 Å². The third-order valence-corrected chi connectivity index (χ3v) is 2.94. The number of hydrogen-bond donors (Lipinski definition) is 3. The molecule has 1 amide bonds. The van der Waals surface area contributed by atoms with Crippen molar-refractivity contribution in [2.24, 2.45) is 0 Å². The number of carbonyl (C=O) groups is 1. The van der Waals surface area contributed by atoms with E-state index in [0.717, 1.165) is 24.9 Å². The van der Waals surface area contributed by atoms with Crippen LogP contribution in [0.1, 0.15) is 30.9 Å². The van der Waals surface area contributed by atoms with E-state index >= 15 is 0 Å². The summed E-state index contributed by atoms with van der Waals surface area (Å²) >= 11 is 0. The molecule has 1 aromatic carbocycles. The van der Waals surface area contributed by atoms with Gasteiger partial charge in [0.15, 0.2) is 5.75 Å². The Kier molecular flexibility index (Phi) is 4.41. The van der Waals surface area contributed by atoms with Gasteiger partial charge in [0.05, 0.1) is 0 Å². The van der Waals surface area contributed by atoms with E-state index in [1.807, 2.05) is 12.1 Å². The number of hydroxylamine groups is 1. The fourth-order valence-electron chi connectivity index (χ4n) is 1.83. The number of hydrogen-bond acceptors (Lipinski definition) is 4. The second kappa shape index (κ2) is 6.24. The molecule has 0 aromatic heterocycles. The van der Waals surface area contributed by atoms with Gasteiger partial charge in [-0.25, -0.2) is 0 Å². The first-order valence-electron chi connectivity index (χ1n) is 6.43. The van der Waals surface area contributed by atoms with E-state index in [1.165, 1.54) is 6.08 Å². The summed E-state index contributed by atoms with van der Waals surface area (Å²) in [4.78, 5) is 16.3. The Hall–Kier alpha value is -2.01. The Morgan fingerprint density at radius 3 is 3.00 bits per heavy atom. The molecule has 0 atom stereocenters. The Balaban J connectivity index is 2.12. The summed E-state index contributed by atoms with van der Waals surface area (Å²) in [7, 11) is 0. The summed E-state index contributed by atoms with van der Waals surface area (Å²) in [6.07, 6.45) is 5.21. The molecule has 0 bridgehead atoms. The van der Waals surface area contributed by atoms with Crippen LogP contribution in [0.25, 0.3) is 6.08 Å². The number of carbonyl (C=O) groups excluding carboxylic acids is 1. The van der Waals surface area contributed by atoms with Crippen molar-refractivity contribution in [2.75, 3.05) is 6.54 Å². The molecule has 1 aromatic rings. The Morgan fingerprint density at radius 2 is 2.21 bits per heavy atom. The van der Waals surface area contributed by atoms with Crippen LogP contribution in [0.4, 0.5) is 0 Å². The summed E-state index contributed by atoms with van der Waals surface area (Å²) in [5, 5.41) is 13.4. The van der Waals surface area contributed by atoms with Crippen LogP contribution in [-0.2, 0) is 11.3 Å². The van der Waals surface area contributed by atoms with Crippen molar-refractivity contribution in [2.45, 2.75) is 26.3 Å². The van der Waals surface area contributed by atoms with Crippen molar-refractivity contribution in [3.8, 4) is 11.5 Å². The van der Waals surface area contributed by atoms with E-state index in [0.29, 0.717) is 12.1 Å². The number of nitrogens with one attached hydrogen (secondary N) is 2. The van der Waals surface area contributed by atoms with Gasteiger partial charge in [0.25, 0.3) is 5.91 Å². The van der Waals surface area contributed by atoms with Crippen molar-refractivity contribution < 1.29 is 14.7 Å². The van der Waals surface area contributed by atoms with Gasteiger partial charge >= 0.3 is 0 Å².